The van der Waals surface area contributed by atoms with Gasteiger partial charge in [-0.15, -0.1) is 0 Å². The fraction of sp³-hybridized carbons (Fsp3) is 0.150. The predicted octanol–water partition coefficient (Wildman–Crippen LogP) is 4.30. The van der Waals surface area contributed by atoms with E-state index in [-0.39, 0.29) is 31.6 Å². The zero-order valence-corrected chi connectivity index (χ0v) is 17.4. The molecule has 0 aromatic heterocycles. The Morgan fingerprint density at radius 3 is 2.86 bits per heavy atom. The van der Waals surface area contributed by atoms with E-state index in [0.717, 1.165) is 5.56 Å². The number of anilines is 1. The number of thiocarbonyl (C=S) groups is 1. The van der Waals surface area contributed by atoms with Crippen molar-refractivity contribution in [2.24, 2.45) is 0 Å². The number of halogens is 1. The van der Waals surface area contributed by atoms with E-state index < -0.39 is 0 Å². The van der Waals surface area contributed by atoms with Crippen LogP contribution in [0.3, 0.4) is 0 Å². The number of amides is 2. The molecule has 0 spiro atoms. The van der Waals surface area contributed by atoms with E-state index in [1.807, 2.05) is 18.2 Å². The van der Waals surface area contributed by atoms with Crippen LogP contribution in [-0.2, 0) is 9.59 Å². The van der Waals surface area contributed by atoms with E-state index in [2.05, 4.69) is 5.32 Å². The number of fused-ring (bicyclic) bond motifs is 1. The second-order valence-electron chi connectivity index (χ2n) is 6.22. The van der Waals surface area contributed by atoms with Gasteiger partial charge in [-0.2, -0.15) is 0 Å². The Hall–Kier alpha value is -2.55. The molecule has 29 heavy (non-hydrogen) atoms. The van der Waals surface area contributed by atoms with Crippen LogP contribution in [0.15, 0.2) is 47.4 Å². The van der Waals surface area contributed by atoms with E-state index in [0.29, 0.717) is 31.4 Å². The first-order valence-electron chi connectivity index (χ1n) is 8.70. The molecule has 4 rings (SSSR count). The Balaban J connectivity index is 1.37. The summed E-state index contributed by atoms with van der Waals surface area (Å²) in [5, 5.41) is 3.35. The van der Waals surface area contributed by atoms with Crippen molar-refractivity contribution in [2.75, 3.05) is 18.7 Å². The quantitative estimate of drug-likeness (QED) is 0.545. The van der Waals surface area contributed by atoms with Gasteiger partial charge in [-0.05, 0) is 29.8 Å². The zero-order valence-electron chi connectivity index (χ0n) is 15.0. The van der Waals surface area contributed by atoms with E-state index >= 15 is 0 Å². The molecule has 2 amide bonds. The topological polar surface area (TPSA) is 67.9 Å². The van der Waals surface area contributed by atoms with Gasteiger partial charge in [0.25, 0.3) is 5.91 Å². The number of ether oxygens (including phenoxy) is 2. The molecule has 1 N–H and O–H groups in total. The number of thioether (sulfide) groups is 1. The Kier molecular flexibility index (Phi) is 5.75. The molecule has 0 bridgehead atoms. The van der Waals surface area contributed by atoms with Crippen LogP contribution < -0.4 is 14.8 Å². The number of rotatable bonds is 5. The lowest BCUT2D eigenvalue weighted by Crippen LogP contribution is -2.31. The molecule has 1 saturated heterocycles. The second kappa shape index (κ2) is 8.44. The minimum absolute atomic E-state index is 0.111. The molecule has 2 heterocycles. The molecular formula is C20H15ClN2O4S2. The van der Waals surface area contributed by atoms with Crippen molar-refractivity contribution in [1.82, 2.24) is 4.90 Å². The molecule has 2 aromatic rings. The summed E-state index contributed by atoms with van der Waals surface area (Å²) in [7, 11) is 0. The van der Waals surface area contributed by atoms with Gasteiger partial charge in [0.15, 0.2) is 11.5 Å². The van der Waals surface area contributed by atoms with Gasteiger partial charge in [0.2, 0.25) is 12.7 Å². The van der Waals surface area contributed by atoms with E-state index in [9.17, 15) is 9.59 Å². The van der Waals surface area contributed by atoms with Gasteiger partial charge in [0.1, 0.15) is 4.32 Å². The standard InChI is InChI=1S/C20H15ClN2O4S2/c21-14-4-2-1-3-12(14)9-17-19(25)23(20(28)29-17)8-7-18(24)22-13-5-6-15-16(10-13)27-11-26-15/h1-6,9-10H,7-8,11H2,(H,22,24)/b17-9-. The van der Waals surface area contributed by atoms with E-state index in [4.69, 9.17) is 33.3 Å². The summed E-state index contributed by atoms with van der Waals surface area (Å²) in [6, 6.07) is 12.4. The summed E-state index contributed by atoms with van der Waals surface area (Å²) in [6.07, 6.45) is 1.83. The maximum absolute atomic E-state index is 12.7. The van der Waals surface area contributed by atoms with Crippen LogP contribution in [0.2, 0.25) is 5.02 Å². The first-order chi connectivity index (χ1) is 14.0. The van der Waals surface area contributed by atoms with Crippen LogP contribution in [-0.4, -0.2) is 34.4 Å². The molecule has 2 aliphatic rings. The predicted molar refractivity (Wildman–Crippen MR) is 117 cm³/mol. The lowest BCUT2D eigenvalue weighted by molar-refractivity contribution is -0.122. The van der Waals surface area contributed by atoms with Crippen LogP contribution in [0.25, 0.3) is 6.08 Å². The number of carbonyl (C=O) groups excluding carboxylic acids is 2. The smallest absolute Gasteiger partial charge is 0.266 e. The summed E-state index contributed by atoms with van der Waals surface area (Å²) in [5.41, 5.74) is 1.35. The fourth-order valence-electron chi connectivity index (χ4n) is 2.84. The summed E-state index contributed by atoms with van der Waals surface area (Å²) < 4.78 is 11.0. The molecule has 0 unspecified atom stereocenters. The van der Waals surface area contributed by atoms with E-state index in [1.54, 1.807) is 30.3 Å². The van der Waals surface area contributed by atoms with Crippen molar-refractivity contribution in [1.29, 1.82) is 0 Å². The fourth-order valence-corrected chi connectivity index (χ4v) is 4.33. The van der Waals surface area contributed by atoms with Crippen molar-refractivity contribution in [3.8, 4) is 11.5 Å². The highest BCUT2D eigenvalue weighted by Crippen LogP contribution is 2.35. The number of carbonyl (C=O) groups is 2. The summed E-state index contributed by atoms with van der Waals surface area (Å²) in [6.45, 7) is 0.365. The summed E-state index contributed by atoms with van der Waals surface area (Å²) in [4.78, 5) is 26.9. The zero-order chi connectivity index (χ0) is 20.4. The Morgan fingerprint density at radius 1 is 1.24 bits per heavy atom. The highest BCUT2D eigenvalue weighted by Gasteiger charge is 2.32. The Morgan fingerprint density at radius 2 is 2.03 bits per heavy atom. The van der Waals surface area contributed by atoms with E-state index in [1.165, 1.54) is 16.7 Å². The van der Waals surface area contributed by atoms with Crippen LogP contribution in [0.1, 0.15) is 12.0 Å². The molecule has 2 aliphatic heterocycles. The molecule has 2 aromatic carbocycles. The molecule has 6 nitrogen and oxygen atoms in total. The number of hydrogen-bond donors (Lipinski definition) is 1. The van der Waals surface area contributed by atoms with Crippen molar-refractivity contribution >= 4 is 63.5 Å². The number of benzene rings is 2. The van der Waals surface area contributed by atoms with Crippen LogP contribution in [0, 0.1) is 0 Å². The molecule has 148 valence electrons. The molecule has 0 aliphatic carbocycles. The maximum Gasteiger partial charge on any atom is 0.266 e. The van der Waals surface area contributed by atoms with Crippen molar-refractivity contribution < 1.29 is 19.1 Å². The largest absolute Gasteiger partial charge is 0.454 e. The molecule has 0 radical (unpaired) electrons. The highest BCUT2D eigenvalue weighted by atomic mass is 35.5. The van der Waals surface area contributed by atoms with Gasteiger partial charge in [-0.3, -0.25) is 14.5 Å². The lowest BCUT2D eigenvalue weighted by atomic mass is 10.2. The highest BCUT2D eigenvalue weighted by molar-refractivity contribution is 8.26. The minimum Gasteiger partial charge on any atom is -0.454 e. The van der Waals surface area contributed by atoms with Crippen LogP contribution >= 0.6 is 35.6 Å². The first kappa shape index (κ1) is 19.8. The normalized spacial score (nSPS) is 16.6. The third-order valence-corrected chi connectivity index (χ3v) is 6.01. The number of nitrogens with zero attached hydrogens (tertiary/aromatic N) is 1. The summed E-state index contributed by atoms with van der Waals surface area (Å²) >= 11 is 12.7. The summed E-state index contributed by atoms with van der Waals surface area (Å²) in [5.74, 6) is 0.777. The van der Waals surface area contributed by atoms with Gasteiger partial charge in [0.05, 0.1) is 4.91 Å². The molecule has 1 fully saturated rings. The van der Waals surface area contributed by atoms with Gasteiger partial charge in [0, 0.05) is 29.7 Å². The monoisotopic (exact) mass is 446 g/mol. The van der Waals surface area contributed by atoms with Crippen LogP contribution in [0.5, 0.6) is 11.5 Å². The molecule has 9 heteroatoms. The molecule has 0 saturated carbocycles. The van der Waals surface area contributed by atoms with Gasteiger partial charge in [-0.25, -0.2) is 0 Å². The maximum atomic E-state index is 12.7. The van der Waals surface area contributed by atoms with Crippen molar-refractivity contribution in [2.45, 2.75) is 6.42 Å². The first-order valence-corrected chi connectivity index (χ1v) is 10.3. The number of nitrogens with one attached hydrogen (secondary N) is 1. The number of hydrogen-bond acceptors (Lipinski definition) is 6. The van der Waals surface area contributed by atoms with Crippen LogP contribution in [0.4, 0.5) is 5.69 Å². The average Bonchev–Trinajstić information content (AvgIpc) is 3.26. The second-order valence-corrected chi connectivity index (χ2v) is 8.30. The van der Waals surface area contributed by atoms with Gasteiger partial charge >= 0.3 is 0 Å². The third-order valence-electron chi connectivity index (χ3n) is 4.28. The van der Waals surface area contributed by atoms with Crippen molar-refractivity contribution in [3.05, 3.63) is 58.0 Å². The molecular weight excluding hydrogens is 432 g/mol. The average molecular weight is 447 g/mol. The minimum atomic E-state index is -0.229. The molecule has 0 atom stereocenters. The Labute approximate surface area is 181 Å². The lowest BCUT2D eigenvalue weighted by Gasteiger charge is -2.14. The SMILES string of the molecule is O=C(CCN1C(=O)/C(=C/c2ccccc2Cl)SC1=S)Nc1ccc2c(c1)OCO2. The Bertz CT molecular complexity index is 1040. The van der Waals surface area contributed by atoms with Gasteiger partial charge in [-0.1, -0.05) is 53.8 Å². The van der Waals surface area contributed by atoms with Crippen molar-refractivity contribution in [3.63, 3.8) is 0 Å². The van der Waals surface area contributed by atoms with Gasteiger partial charge < -0.3 is 14.8 Å². The third kappa shape index (κ3) is 4.39.